The molecule has 1 atom stereocenters. The first-order valence-corrected chi connectivity index (χ1v) is 6.98. The SMILES string of the molecule is O=C(NCC(Br)c1ccccc1)c1cscn1. The van der Waals surface area contributed by atoms with E-state index < -0.39 is 0 Å². The number of hydrogen-bond acceptors (Lipinski definition) is 3. The van der Waals surface area contributed by atoms with Gasteiger partial charge in [0.25, 0.3) is 5.91 Å². The monoisotopic (exact) mass is 310 g/mol. The Morgan fingerprint density at radius 1 is 1.41 bits per heavy atom. The first kappa shape index (κ1) is 12.3. The van der Waals surface area contributed by atoms with Crippen LogP contribution >= 0.6 is 27.3 Å². The Hall–Kier alpha value is -1.20. The normalized spacial score (nSPS) is 12.1. The van der Waals surface area contributed by atoms with E-state index in [4.69, 9.17) is 0 Å². The Morgan fingerprint density at radius 2 is 2.18 bits per heavy atom. The predicted octanol–water partition coefficient (Wildman–Crippen LogP) is 3.01. The van der Waals surface area contributed by atoms with Gasteiger partial charge < -0.3 is 5.32 Å². The van der Waals surface area contributed by atoms with Crippen molar-refractivity contribution in [1.29, 1.82) is 0 Å². The topological polar surface area (TPSA) is 42.0 Å². The van der Waals surface area contributed by atoms with Gasteiger partial charge in [-0.3, -0.25) is 4.79 Å². The molecule has 0 spiro atoms. The maximum absolute atomic E-state index is 11.7. The number of hydrogen-bond donors (Lipinski definition) is 1. The zero-order valence-corrected chi connectivity index (χ0v) is 11.4. The summed E-state index contributed by atoms with van der Waals surface area (Å²) in [6.45, 7) is 0.542. The highest BCUT2D eigenvalue weighted by Crippen LogP contribution is 2.21. The molecule has 1 heterocycles. The second kappa shape index (κ2) is 5.93. The van der Waals surface area contributed by atoms with E-state index in [0.717, 1.165) is 5.56 Å². The van der Waals surface area contributed by atoms with Gasteiger partial charge in [-0.2, -0.15) is 0 Å². The lowest BCUT2D eigenvalue weighted by atomic mass is 10.1. The number of amides is 1. The number of halogens is 1. The Bertz CT molecular complexity index is 473. The van der Waals surface area contributed by atoms with Gasteiger partial charge in [0, 0.05) is 11.9 Å². The molecule has 1 N–H and O–H groups in total. The molecular weight excluding hydrogens is 300 g/mol. The molecule has 1 unspecified atom stereocenters. The fourth-order valence-electron chi connectivity index (χ4n) is 1.38. The molecule has 0 aliphatic carbocycles. The van der Waals surface area contributed by atoms with Crippen molar-refractivity contribution in [2.45, 2.75) is 4.83 Å². The van der Waals surface area contributed by atoms with Gasteiger partial charge in [-0.25, -0.2) is 4.98 Å². The minimum atomic E-state index is -0.133. The molecule has 2 aromatic rings. The van der Waals surface area contributed by atoms with E-state index in [1.165, 1.54) is 11.3 Å². The van der Waals surface area contributed by atoms with Gasteiger partial charge in [-0.15, -0.1) is 11.3 Å². The van der Waals surface area contributed by atoms with Crippen molar-refractivity contribution in [3.8, 4) is 0 Å². The van der Waals surface area contributed by atoms with Crippen LogP contribution in [0.5, 0.6) is 0 Å². The summed E-state index contributed by atoms with van der Waals surface area (Å²) in [5.41, 5.74) is 3.27. The lowest BCUT2D eigenvalue weighted by molar-refractivity contribution is 0.0949. The number of thiazole rings is 1. The molecule has 3 nitrogen and oxygen atoms in total. The van der Waals surface area contributed by atoms with Gasteiger partial charge in [-0.05, 0) is 5.56 Å². The lowest BCUT2D eigenvalue weighted by Gasteiger charge is -2.10. The minimum absolute atomic E-state index is 0.117. The summed E-state index contributed by atoms with van der Waals surface area (Å²) in [4.78, 5) is 15.7. The first-order valence-electron chi connectivity index (χ1n) is 5.13. The first-order chi connectivity index (χ1) is 8.27. The van der Waals surface area contributed by atoms with Crippen LogP contribution in [0.2, 0.25) is 0 Å². The molecule has 0 saturated heterocycles. The van der Waals surface area contributed by atoms with Crippen molar-refractivity contribution in [3.63, 3.8) is 0 Å². The molecule has 88 valence electrons. The summed E-state index contributed by atoms with van der Waals surface area (Å²) in [6, 6.07) is 9.97. The third kappa shape index (κ3) is 3.38. The van der Waals surface area contributed by atoms with Gasteiger partial charge in [0.2, 0.25) is 0 Å². The van der Waals surface area contributed by atoms with Gasteiger partial charge in [0.1, 0.15) is 5.69 Å². The molecule has 1 amide bonds. The number of nitrogens with one attached hydrogen (secondary N) is 1. The Kier molecular flexibility index (Phi) is 4.28. The fourth-order valence-corrected chi connectivity index (χ4v) is 2.38. The van der Waals surface area contributed by atoms with E-state index in [9.17, 15) is 4.79 Å². The number of aromatic nitrogens is 1. The van der Waals surface area contributed by atoms with E-state index >= 15 is 0 Å². The largest absolute Gasteiger partial charge is 0.349 e. The van der Waals surface area contributed by atoms with E-state index in [0.29, 0.717) is 12.2 Å². The van der Waals surface area contributed by atoms with Crippen LogP contribution in [0.15, 0.2) is 41.2 Å². The highest BCUT2D eigenvalue weighted by atomic mass is 79.9. The zero-order valence-electron chi connectivity index (χ0n) is 8.97. The van der Waals surface area contributed by atoms with Gasteiger partial charge in [0.05, 0.1) is 10.3 Å². The quantitative estimate of drug-likeness (QED) is 0.882. The maximum atomic E-state index is 11.7. The van der Waals surface area contributed by atoms with Crippen LogP contribution in [-0.4, -0.2) is 17.4 Å². The summed E-state index contributed by atoms with van der Waals surface area (Å²) in [6.07, 6.45) is 0. The third-order valence-corrected chi connectivity index (χ3v) is 3.71. The molecule has 17 heavy (non-hydrogen) atoms. The van der Waals surface area contributed by atoms with Crippen molar-refractivity contribution in [1.82, 2.24) is 10.3 Å². The second-order valence-electron chi connectivity index (χ2n) is 3.46. The summed E-state index contributed by atoms with van der Waals surface area (Å²) in [7, 11) is 0. The van der Waals surface area contributed by atoms with Crippen LogP contribution in [0.25, 0.3) is 0 Å². The highest BCUT2D eigenvalue weighted by molar-refractivity contribution is 9.09. The number of carbonyl (C=O) groups is 1. The number of benzene rings is 1. The number of carbonyl (C=O) groups excluding carboxylic acids is 1. The Morgan fingerprint density at radius 3 is 2.82 bits per heavy atom. The summed E-state index contributed by atoms with van der Waals surface area (Å²) < 4.78 is 0. The smallest absolute Gasteiger partial charge is 0.270 e. The van der Waals surface area contributed by atoms with Gasteiger partial charge in [-0.1, -0.05) is 46.3 Å². The van der Waals surface area contributed by atoms with Gasteiger partial charge >= 0.3 is 0 Å². The number of alkyl halides is 1. The predicted molar refractivity (Wildman–Crippen MR) is 72.6 cm³/mol. The second-order valence-corrected chi connectivity index (χ2v) is 5.29. The number of nitrogens with zero attached hydrogens (tertiary/aromatic N) is 1. The average molecular weight is 311 g/mol. The van der Waals surface area contributed by atoms with E-state index in [2.05, 4.69) is 26.2 Å². The van der Waals surface area contributed by atoms with Crippen molar-refractivity contribution < 1.29 is 4.79 Å². The fraction of sp³-hybridized carbons (Fsp3) is 0.167. The van der Waals surface area contributed by atoms with Crippen LogP contribution in [0.1, 0.15) is 20.9 Å². The molecule has 2 rings (SSSR count). The zero-order chi connectivity index (χ0) is 12.1. The van der Waals surface area contributed by atoms with Crippen LogP contribution in [0, 0.1) is 0 Å². The average Bonchev–Trinajstić information content (AvgIpc) is 2.90. The highest BCUT2D eigenvalue weighted by Gasteiger charge is 2.11. The van der Waals surface area contributed by atoms with Crippen molar-refractivity contribution in [2.75, 3.05) is 6.54 Å². The Labute approximate surface area is 112 Å². The van der Waals surface area contributed by atoms with Gasteiger partial charge in [0.15, 0.2) is 0 Å². The molecule has 1 aromatic heterocycles. The lowest BCUT2D eigenvalue weighted by Crippen LogP contribution is -2.26. The van der Waals surface area contributed by atoms with E-state index in [-0.39, 0.29) is 10.7 Å². The van der Waals surface area contributed by atoms with Crippen molar-refractivity contribution >= 4 is 33.2 Å². The van der Waals surface area contributed by atoms with Crippen LogP contribution in [0.3, 0.4) is 0 Å². The van der Waals surface area contributed by atoms with Crippen LogP contribution in [-0.2, 0) is 0 Å². The van der Waals surface area contributed by atoms with Crippen molar-refractivity contribution in [2.24, 2.45) is 0 Å². The minimum Gasteiger partial charge on any atom is -0.349 e. The molecular formula is C12H11BrN2OS. The molecule has 0 radical (unpaired) electrons. The number of rotatable bonds is 4. The molecule has 0 aliphatic rings. The molecule has 0 fully saturated rings. The third-order valence-electron chi connectivity index (χ3n) is 2.27. The summed E-state index contributed by atoms with van der Waals surface area (Å²) in [5, 5.41) is 4.58. The standard InChI is InChI=1S/C12H11BrN2OS/c13-10(9-4-2-1-3-5-9)6-14-12(16)11-7-17-8-15-11/h1-5,7-8,10H,6H2,(H,14,16). The van der Waals surface area contributed by atoms with Crippen LogP contribution < -0.4 is 5.32 Å². The molecule has 1 aromatic carbocycles. The van der Waals surface area contributed by atoms with E-state index in [1.807, 2.05) is 30.3 Å². The van der Waals surface area contributed by atoms with Crippen molar-refractivity contribution in [3.05, 3.63) is 52.5 Å². The Balaban J connectivity index is 1.89. The molecule has 0 bridgehead atoms. The summed E-state index contributed by atoms with van der Waals surface area (Å²) >= 11 is 4.96. The summed E-state index contributed by atoms with van der Waals surface area (Å²) in [5.74, 6) is -0.133. The molecule has 0 saturated carbocycles. The molecule has 0 aliphatic heterocycles. The van der Waals surface area contributed by atoms with Crippen LogP contribution in [0.4, 0.5) is 0 Å². The molecule has 5 heteroatoms. The van der Waals surface area contributed by atoms with E-state index in [1.54, 1.807) is 10.9 Å². The maximum Gasteiger partial charge on any atom is 0.270 e.